The molecule has 1 aromatic carbocycles. The summed E-state index contributed by atoms with van der Waals surface area (Å²) in [7, 11) is 8.36. The van der Waals surface area contributed by atoms with Crippen LogP contribution in [0.15, 0.2) is 29.4 Å². The molecule has 80 heavy (non-hydrogen) atoms. The van der Waals surface area contributed by atoms with Crippen LogP contribution in [-0.4, -0.2) is 183 Å². The first kappa shape index (κ1) is 69.5. The Bertz CT molecular complexity index is 2250. The van der Waals surface area contributed by atoms with Crippen molar-refractivity contribution in [3.63, 3.8) is 0 Å². The molecule has 0 saturated carbocycles. The number of nitrogens with zero attached hydrogens (tertiary/aromatic N) is 6. The van der Waals surface area contributed by atoms with Crippen LogP contribution in [-0.2, 0) is 54.3 Å². The van der Waals surface area contributed by atoms with Crippen molar-refractivity contribution in [1.82, 2.24) is 41.3 Å². The van der Waals surface area contributed by atoms with Crippen LogP contribution in [0.25, 0.3) is 10.4 Å². The van der Waals surface area contributed by atoms with E-state index in [2.05, 4.69) is 41.9 Å². The van der Waals surface area contributed by atoms with E-state index in [0.717, 1.165) is 0 Å². The molecule has 1 unspecified atom stereocenters. The number of likely N-dealkylation sites (tertiary alicyclic amines) is 1. The molecule has 1 fully saturated rings. The molecule has 0 radical (unpaired) electrons. The number of hydrogen-bond donors (Lipinski definition) is 8. The molecular formula is C55H93N13O12. The number of methoxy groups -OCH3 is 2. The number of azide groups is 1. The Kier molecular flexibility index (Phi) is 30.0. The molecule has 1 heterocycles. The zero-order chi connectivity index (χ0) is 60.6. The molecule has 1 saturated heterocycles. The first-order chi connectivity index (χ1) is 37.6. The van der Waals surface area contributed by atoms with Gasteiger partial charge in [-0.2, -0.15) is 0 Å². The zero-order valence-electron chi connectivity index (χ0n) is 49.6. The number of aliphatic carboxylic acids is 1. The van der Waals surface area contributed by atoms with Gasteiger partial charge in [0.25, 0.3) is 0 Å². The highest BCUT2D eigenvalue weighted by Gasteiger charge is 2.43. The standard InChI is InChI=1S/C55H93N13O12/c1-15-34(8)48(67(12)54(77)46(32(4)5)64-53(76)47(33(6)7)66(10)11)41(79-13)29-43(70)68-27-17-19-40(68)49(80-14)35(9)50(73)61-38(30-59-65-57)28-36-20-22-37(23-21-36)60-51(74)39(18-16-26-58-55(56)78)62-52(75)45(31(2)3)63-42(69)24-25-44(71)72/h20-23,31-35,38-41,45-49H,15-19,24-30H2,1-14H3,(H,60,74)(H,61,73)(H,62,75)(H,63,69)(H,64,76)(H,71,72)(H3,56,58,78)/t34-,35+,38-,39-,40-,41+,45-,46-,47-,48?,49+/m0/s1. The second kappa shape index (κ2) is 34.6. The van der Waals surface area contributed by atoms with Gasteiger partial charge in [0.1, 0.15) is 18.1 Å². The lowest BCUT2D eigenvalue weighted by Crippen LogP contribution is -2.59. The third-order valence-corrected chi connectivity index (χ3v) is 14.8. The third kappa shape index (κ3) is 21.8. The molecule has 0 aliphatic carbocycles. The van der Waals surface area contributed by atoms with Crippen molar-refractivity contribution >= 4 is 59.0 Å². The molecule has 25 nitrogen and oxygen atoms in total. The maximum absolute atomic E-state index is 14.5. The predicted octanol–water partition coefficient (Wildman–Crippen LogP) is 3.55. The Labute approximate surface area is 472 Å². The maximum atomic E-state index is 14.5. The van der Waals surface area contributed by atoms with Crippen molar-refractivity contribution in [2.45, 2.75) is 175 Å². The minimum absolute atomic E-state index is 0.00304. The molecule has 0 bridgehead atoms. The summed E-state index contributed by atoms with van der Waals surface area (Å²) in [4.78, 5) is 127. The SMILES string of the molecule is CC[C@H](C)C([C@@H](CC(=O)N1CCC[C@H]1[C@H](OC)[C@@H](C)C(=O)N[C@H](CN=[N+]=[N-])Cc1ccc(NC(=O)[C@H](CCCNC(N)=O)NC(=O)[C@@H](NC(=O)CCC(=O)O)C(C)C)cc1)OC)N(C)C(=O)[C@@H](NC(=O)[C@H](C(C)C)N(C)C)C(C)C. The van der Waals surface area contributed by atoms with E-state index in [9.17, 15) is 48.7 Å². The smallest absolute Gasteiger partial charge is 0.312 e. The average Bonchev–Trinajstić information content (AvgIpc) is 3.88. The van der Waals surface area contributed by atoms with Gasteiger partial charge in [-0.05, 0) is 93.1 Å². The number of carboxylic acid groups (broad SMARTS) is 1. The summed E-state index contributed by atoms with van der Waals surface area (Å²) < 4.78 is 12.1. The van der Waals surface area contributed by atoms with E-state index >= 15 is 0 Å². The fourth-order valence-electron chi connectivity index (χ4n) is 10.3. The molecule has 25 heteroatoms. The van der Waals surface area contributed by atoms with Crippen LogP contribution in [0.5, 0.6) is 0 Å². The second-order valence-electron chi connectivity index (χ2n) is 22.2. The van der Waals surface area contributed by atoms with Crippen LogP contribution < -0.4 is 37.6 Å². The van der Waals surface area contributed by atoms with Gasteiger partial charge in [0.15, 0.2) is 0 Å². The summed E-state index contributed by atoms with van der Waals surface area (Å²) in [6.45, 7) is 17.2. The van der Waals surface area contributed by atoms with Crippen LogP contribution in [0.4, 0.5) is 10.5 Å². The van der Waals surface area contributed by atoms with Crippen LogP contribution in [0.1, 0.15) is 119 Å². The van der Waals surface area contributed by atoms with E-state index in [1.165, 1.54) is 14.2 Å². The summed E-state index contributed by atoms with van der Waals surface area (Å²) in [6, 6.07) is 0.710. The summed E-state index contributed by atoms with van der Waals surface area (Å²) in [6.07, 6.45) is 0.132. The largest absolute Gasteiger partial charge is 0.481 e. The normalized spacial score (nSPS) is 17.1. The number of carboxylic acids is 1. The number of carbonyl (C=O) groups is 9. The Morgan fingerprint density at radius 3 is 1.99 bits per heavy atom. The number of hydrogen-bond acceptors (Lipinski definition) is 13. The fourth-order valence-corrected chi connectivity index (χ4v) is 10.3. The second-order valence-corrected chi connectivity index (χ2v) is 22.2. The molecule has 1 aliphatic heterocycles. The van der Waals surface area contributed by atoms with Gasteiger partial charge >= 0.3 is 12.0 Å². The number of nitrogens with one attached hydrogen (secondary N) is 6. The van der Waals surface area contributed by atoms with Crippen molar-refractivity contribution in [3.8, 4) is 0 Å². The molecule has 0 aromatic heterocycles. The maximum Gasteiger partial charge on any atom is 0.312 e. The number of rotatable bonds is 35. The molecule has 2 rings (SSSR count). The molecule has 1 aromatic rings. The van der Waals surface area contributed by atoms with E-state index in [-0.39, 0.29) is 80.7 Å². The van der Waals surface area contributed by atoms with Gasteiger partial charge in [-0.1, -0.05) is 86.0 Å². The highest BCUT2D eigenvalue weighted by atomic mass is 16.5. The van der Waals surface area contributed by atoms with Crippen LogP contribution in [0.3, 0.4) is 0 Å². The van der Waals surface area contributed by atoms with Crippen molar-refractivity contribution in [2.75, 3.05) is 60.3 Å². The Hall–Kier alpha value is -6.56. The van der Waals surface area contributed by atoms with Gasteiger partial charge in [-0.15, -0.1) is 0 Å². The lowest BCUT2D eigenvalue weighted by Gasteiger charge is -2.41. The summed E-state index contributed by atoms with van der Waals surface area (Å²) in [5, 5.41) is 29.2. The quantitative estimate of drug-likeness (QED) is 0.0209. The van der Waals surface area contributed by atoms with Gasteiger partial charge in [-0.25, -0.2) is 4.79 Å². The third-order valence-electron chi connectivity index (χ3n) is 14.8. The van der Waals surface area contributed by atoms with Gasteiger partial charge in [0.2, 0.25) is 41.4 Å². The van der Waals surface area contributed by atoms with Gasteiger partial charge in [-0.3, -0.25) is 43.3 Å². The summed E-state index contributed by atoms with van der Waals surface area (Å²) >= 11 is 0. The number of primary amides is 1. The Morgan fingerprint density at radius 1 is 0.825 bits per heavy atom. The van der Waals surface area contributed by atoms with Crippen molar-refractivity contribution < 1.29 is 57.7 Å². The van der Waals surface area contributed by atoms with Crippen LogP contribution >= 0.6 is 0 Å². The molecular weight excluding hydrogens is 1030 g/mol. The highest BCUT2D eigenvalue weighted by molar-refractivity contribution is 5.98. The molecule has 1 aliphatic rings. The first-order valence-corrected chi connectivity index (χ1v) is 27.8. The van der Waals surface area contributed by atoms with E-state index < -0.39 is 108 Å². The number of urea groups is 1. The van der Waals surface area contributed by atoms with E-state index in [1.54, 1.807) is 61.9 Å². The summed E-state index contributed by atoms with van der Waals surface area (Å²) in [5.74, 6) is -5.79. The number of nitrogens with two attached hydrogens (primary N) is 1. The lowest BCUT2D eigenvalue weighted by atomic mass is 9.89. The van der Waals surface area contributed by atoms with Gasteiger partial charge < -0.3 is 62.0 Å². The lowest BCUT2D eigenvalue weighted by molar-refractivity contribution is -0.148. The molecule has 450 valence electrons. The van der Waals surface area contributed by atoms with E-state index in [1.807, 2.05) is 60.5 Å². The molecule has 9 amide bonds. The molecule has 0 spiro atoms. The number of likely N-dealkylation sites (N-methyl/N-ethyl adjacent to an activating group) is 2. The topological polar surface area (TPSA) is 349 Å². The monoisotopic (exact) mass is 1130 g/mol. The molecule has 11 atom stereocenters. The van der Waals surface area contributed by atoms with E-state index in [0.29, 0.717) is 37.1 Å². The Morgan fingerprint density at radius 2 is 1.46 bits per heavy atom. The summed E-state index contributed by atoms with van der Waals surface area (Å²) in [5.41, 5.74) is 15.5. The van der Waals surface area contributed by atoms with Crippen molar-refractivity contribution in [3.05, 3.63) is 40.3 Å². The van der Waals surface area contributed by atoms with Crippen LogP contribution in [0.2, 0.25) is 0 Å². The minimum Gasteiger partial charge on any atom is -0.481 e. The number of amides is 9. The Balaban J connectivity index is 2.28. The van der Waals surface area contributed by atoms with Gasteiger partial charge in [0, 0.05) is 64.0 Å². The van der Waals surface area contributed by atoms with Gasteiger partial charge in [0.05, 0.1) is 49.1 Å². The number of ether oxygens (including phenoxy) is 2. The first-order valence-electron chi connectivity index (χ1n) is 27.8. The highest BCUT2D eigenvalue weighted by Crippen LogP contribution is 2.30. The number of anilines is 1. The zero-order valence-corrected chi connectivity index (χ0v) is 49.6. The number of carbonyl (C=O) groups excluding carboxylic acids is 8. The molecule has 9 N–H and O–H groups in total. The predicted molar refractivity (Wildman–Crippen MR) is 302 cm³/mol. The number of benzene rings is 1. The van der Waals surface area contributed by atoms with Crippen molar-refractivity contribution in [2.24, 2.45) is 40.4 Å². The average molecular weight is 1130 g/mol. The van der Waals surface area contributed by atoms with E-state index in [4.69, 9.17) is 20.3 Å². The van der Waals surface area contributed by atoms with Crippen LogP contribution in [0, 0.1) is 29.6 Å². The fraction of sp³-hybridized carbons (Fsp3) is 0.727. The minimum atomic E-state index is -1.17. The van der Waals surface area contributed by atoms with Crippen molar-refractivity contribution in [1.29, 1.82) is 0 Å².